The van der Waals surface area contributed by atoms with Gasteiger partial charge in [-0.3, -0.25) is 14.3 Å². The van der Waals surface area contributed by atoms with Crippen molar-refractivity contribution in [2.24, 2.45) is 7.05 Å². The third kappa shape index (κ3) is 2.59. The van der Waals surface area contributed by atoms with E-state index >= 15 is 0 Å². The summed E-state index contributed by atoms with van der Waals surface area (Å²) >= 11 is 0. The van der Waals surface area contributed by atoms with Crippen LogP contribution in [0.25, 0.3) is 0 Å². The van der Waals surface area contributed by atoms with Gasteiger partial charge in [0.2, 0.25) is 0 Å². The SMILES string of the molecule is CCN(CC(=O)OC)C(=O)c1ccnn1C. The molecule has 1 rings (SSSR count). The molecule has 88 valence electrons. The van der Waals surface area contributed by atoms with Crippen LogP contribution in [0, 0.1) is 0 Å². The fourth-order valence-corrected chi connectivity index (χ4v) is 1.29. The van der Waals surface area contributed by atoms with Gasteiger partial charge in [0, 0.05) is 19.8 Å². The van der Waals surface area contributed by atoms with Gasteiger partial charge in [-0.05, 0) is 13.0 Å². The first-order valence-corrected chi connectivity index (χ1v) is 4.94. The maximum Gasteiger partial charge on any atom is 0.325 e. The Bertz CT molecular complexity index is 386. The van der Waals surface area contributed by atoms with Crippen molar-refractivity contribution in [3.63, 3.8) is 0 Å². The number of methoxy groups -OCH3 is 1. The first-order chi connectivity index (χ1) is 7.60. The second-order valence-corrected chi connectivity index (χ2v) is 3.24. The van der Waals surface area contributed by atoms with Gasteiger partial charge in [0.1, 0.15) is 12.2 Å². The quantitative estimate of drug-likeness (QED) is 0.679. The van der Waals surface area contributed by atoms with Crippen molar-refractivity contribution in [1.29, 1.82) is 0 Å². The molecule has 0 radical (unpaired) electrons. The topological polar surface area (TPSA) is 64.4 Å². The number of aryl methyl sites for hydroxylation is 1. The van der Waals surface area contributed by atoms with Crippen molar-refractivity contribution in [2.75, 3.05) is 20.2 Å². The minimum atomic E-state index is -0.433. The lowest BCUT2D eigenvalue weighted by atomic mass is 10.3. The van der Waals surface area contributed by atoms with E-state index in [2.05, 4.69) is 9.84 Å². The van der Waals surface area contributed by atoms with E-state index in [4.69, 9.17) is 0 Å². The zero-order valence-corrected chi connectivity index (χ0v) is 9.64. The van der Waals surface area contributed by atoms with Gasteiger partial charge in [-0.15, -0.1) is 0 Å². The molecule has 0 unspecified atom stereocenters. The summed E-state index contributed by atoms with van der Waals surface area (Å²) in [5.41, 5.74) is 0.450. The highest BCUT2D eigenvalue weighted by Crippen LogP contribution is 2.03. The lowest BCUT2D eigenvalue weighted by Gasteiger charge is -2.19. The summed E-state index contributed by atoms with van der Waals surface area (Å²) in [6, 6.07) is 1.61. The number of carbonyl (C=O) groups excluding carboxylic acids is 2. The van der Waals surface area contributed by atoms with Crippen molar-refractivity contribution in [3.05, 3.63) is 18.0 Å². The Morgan fingerprint density at radius 2 is 2.25 bits per heavy atom. The number of hydrogen-bond acceptors (Lipinski definition) is 4. The Balaban J connectivity index is 2.78. The van der Waals surface area contributed by atoms with Crippen LogP contribution in [0.15, 0.2) is 12.3 Å². The number of ether oxygens (including phenoxy) is 1. The van der Waals surface area contributed by atoms with Crippen LogP contribution in [0.1, 0.15) is 17.4 Å². The molecule has 0 aromatic carbocycles. The van der Waals surface area contributed by atoms with Crippen LogP contribution >= 0.6 is 0 Å². The molecule has 0 spiro atoms. The molecule has 0 aliphatic rings. The summed E-state index contributed by atoms with van der Waals surface area (Å²) < 4.78 is 6.00. The highest BCUT2D eigenvalue weighted by molar-refractivity contribution is 5.94. The van der Waals surface area contributed by atoms with E-state index in [1.54, 1.807) is 26.2 Å². The standard InChI is InChI=1S/C10H15N3O3/c1-4-13(7-9(14)16-3)10(15)8-5-6-11-12(8)2/h5-6H,4,7H2,1-3H3. The number of rotatable bonds is 4. The largest absolute Gasteiger partial charge is 0.468 e. The fraction of sp³-hybridized carbons (Fsp3) is 0.500. The van der Waals surface area contributed by atoms with E-state index in [1.165, 1.54) is 16.7 Å². The van der Waals surface area contributed by atoms with Gasteiger partial charge < -0.3 is 9.64 Å². The molecule has 0 saturated heterocycles. The molecular weight excluding hydrogens is 210 g/mol. The van der Waals surface area contributed by atoms with Gasteiger partial charge in [-0.25, -0.2) is 0 Å². The maximum atomic E-state index is 12.0. The Morgan fingerprint density at radius 1 is 1.56 bits per heavy atom. The molecule has 16 heavy (non-hydrogen) atoms. The van der Waals surface area contributed by atoms with Crippen LogP contribution in [-0.2, 0) is 16.6 Å². The molecule has 1 aromatic heterocycles. The van der Waals surface area contributed by atoms with E-state index < -0.39 is 5.97 Å². The van der Waals surface area contributed by atoms with E-state index in [9.17, 15) is 9.59 Å². The summed E-state index contributed by atoms with van der Waals surface area (Å²) in [6.45, 7) is 2.20. The molecule has 0 aliphatic heterocycles. The van der Waals surface area contributed by atoms with Gasteiger partial charge in [-0.2, -0.15) is 5.10 Å². The Kier molecular flexibility index (Phi) is 4.04. The van der Waals surface area contributed by atoms with Gasteiger partial charge in [-0.1, -0.05) is 0 Å². The van der Waals surface area contributed by atoms with Crippen molar-refractivity contribution >= 4 is 11.9 Å². The molecule has 0 saturated carbocycles. The molecule has 0 fully saturated rings. The smallest absolute Gasteiger partial charge is 0.325 e. The van der Waals surface area contributed by atoms with Gasteiger partial charge >= 0.3 is 5.97 Å². The van der Waals surface area contributed by atoms with Gasteiger partial charge in [0.25, 0.3) is 5.91 Å². The van der Waals surface area contributed by atoms with Crippen molar-refractivity contribution in [3.8, 4) is 0 Å². The zero-order valence-electron chi connectivity index (χ0n) is 9.64. The number of esters is 1. The molecule has 6 heteroatoms. The highest BCUT2D eigenvalue weighted by atomic mass is 16.5. The Hall–Kier alpha value is -1.85. The van der Waals surface area contributed by atoms with E-state index in [0.717, 1.165) is 0 Å². The minimum Gasteiger partial charge on any atom is -0.468 e. The summed E-state index contributed by atoms with van der Waals surface area (Å²) in [5.74, 6) is -0.662. The van der Waals surface area contributed by atoms with Crippen LogP contribution in [0.4, 0.5) is 0 Å². The highest BCUT2D eigenvalue weighted by Gasteiger charge is 2.19. The summed E-state index contributed by atoms with van der Waals surface area (Å²) in [4.78, 5) is 24.5. The number of nitrogens with zero attached hydrogens (tertiary/aromatic N) is 3. The average Bonchev–Trinajstić information content (AvgIpc) is 2.71. The molecule has 1 amide bonds. The third-order valence-electron chi connectivity index (χ3n) is 2.26. The summed E-state index contributed by atoms with van der Waals surface area (Å²) in [5, 5.41) is 3.91. The number of aromatic nitrogens is 2. The first-order valence-electron chi connectivity index (χ1n) is 4.94. The van der Waals surface area contributed by atoms with Crippen molar-refractivity contribution in [2.45, 2.75) is 6.92 Å². The predicted molar refractivity (Wildman–Crippen MR) is 56.8 cm³/mol. The molecular formula is C10H15N3O3. The number of likely N-dealkylation sites (N-methyl/N-ethyl adjacent to an activating group) is 1. The molecule has 0 atom stereocenters. The lowest BCUT2D eigenvalue weighted by molar-refractivity contribution is -0.141. The molecule has 1 aromatic rings. The first kappa shape index (κ1) is 12.2. The number of amides is 1. The van der Waals surface area contributed by atoms with Crippen LogP contribution in [0.5, 0.6) is 0 Å². The second-order valence-electron chi connectivity index (χ2n) is 3.24. The predicted octanol–water partition coefficient (Wildman–Crippen LogP) is 0.0552. The average molecular weight is 225 g/mol. The van der Waals surface area contributed by atoms with Crippen molar-refractivity contribution < 1.29 is 14.3 Å². The maximum absolute atomic E-state index is 12.0. The van der Waals surface area contributed by atoms with Crippen LogP contribution in [0.2, 0.25) is 0 Å². The zero-order chi connectivity index (χ0) is 12.1. The second kappa shape index (κ2) is 5.29. The van der Waals surface area contributed by atoms with Gasteiger partial charge in [0.05, 0.1) is 7.11 Å². The van der Waals surface area contributed by atoms with E-state index in [-0.39, 0.29) is 12.5 Å². The van der Waals surface area contributed by atoms with Crippen LogP contribution < -0.4 is 0 Å². The van der Waals surface area contributed by atoms with E-state index in [0.29, 0.717) is 12.2 Å². The van der Waals surface area contributed by atoms with Gasteiger partial charge in [0.15, 0.2) is 0 Å². The molecule has 0 N–H and O–H groups in total. The lowest BCUT2D eigenvalue weighted by Crippen LogP contribution is -2.37. The Labute approximate surface area is 93.8 Å². The number of carbonyl (C=O) groups is 2. The molecule has 6 nitrogen and oxygen atoms in total. The Morgan fingerprint density at radius 3 is 2.69 bits per heavy atom. The third-order valence-corrected chi connectivity index (χ3v) is 2.26. The van der Waals surface area contributed by atoms with E-state index in [1.807, 2.05) is 0 Å². The fourth-order valence-electron chi connectivity index (χ4n) is 1.29. The molecule has 0 bridgehead atoms. The summed E-state index contributed by atoms with van der Waals surface area (Å²) in [6.07, 6.45) is 1.54. The minimum absolute atomic E-state index is 0.0446. The molecule has 0 aliphatic carbocycles. The number of hydrogen-bond donors (Lipinski definition) is 0. The summed E-state index contributed by atoms with van der Waals surface area (Å²) in [7, 11) is 2.98. The van der Waals surface area contributed by atoms with Crippen molar-refractivity contribution in [1.82, 2.24) is 14.7 Å². The molecule has 1 heterocycles. The van der Waals surface area contributed by atoms with Crippen LogP contribution in [0.3, 0.4) is 0 Å². The normalized spacial score (nSPS) is 9.94. The van der Waals surface area contributed by atoms with Crippen LogP contribution in [-0.4, -0.2) is 46.8 Å². The monoisotopic (exact) mass is 225 g/mol.